The molecule has 2 rings (SSSR count). The van der Waals surface area contributed by atoms with Crippen LogP contribution in [0, 0.1) is 6.92 Å². The average Bonchev–Trinajstić information content (AvgIpc) is 2.54. The summed E-state index contributed by atoms with van der Waals surface area (Å²) < 4.78 is 26.7. The van der Waals surface area contributed by atoms with Crippen LogP contribution in [0.15, 0.2) is 23.1 Å². The quantitative estimate of drug-likeness (QED) is 0.811. The number of hydrogen-bond donors (Lipinski definition) is 2. The van der Waals surface area contributed by atoms with Crippen molar-refractivity contribution < 1.29 is 13.5 Å². The minimum absolute atomic E-state index is 0.269. The Morgan fingerprint density at radius 1 is 1.30 bits per heavy atom. The number of nitrogens with two attached hydrogens (primary N) is 1. The maximum Gasteiger partial charge on any atom is 0.243 e. The minimum Gasteiger partial charge on any atom is -0.399 e. The molecule has 0 amide bonds. The van der Waals surface area contributed by atoms with E-state index in [9.17, 15) is 13.5 Å². The number of benzene rings is 1. The summed E-state index contributed by atoms with van der Waals surface area (Å²) in [6.45, 7) is 4.35. The van der Waals surface area contributed by atoms with E-state index in [2.05, 4.69) is 0 Å². The number of aliphatic hydroxyl groups is 1. The van der Waals surface area contributed by atoms with E-state index in [-0.39, 0.29) is 4.90 Å². The molecule has 112 valence electrons. The molecule has 5 nitrogen and oxygen atoms in total. The van der Waals surface area contributed by atoms with Gasteiger partial charge in [-0.1, -0.05) is 0 Å². The Morgan fingerprint density at radius 2 is 2.00 bits per heavy atom. The molecule has 6 heteroatoms. The summed E-state index contributed by atoms with van der Waals surface area (Å²) in [5.41, 5.74) is 6.30. The van der Waals surface area contributed by atoms with Gasteiger partial charge in [-0.2, -0.15) is 4.31 Å². The number of rotatable bonds is 2. The molecule has 1 aliphatic rings. The van der Waals surface area contributed by atoms with Crippen LogP contribution in [0.1, 0.15) is 31.7 Å². The van der Waals surface area contributed by atoms with Crippen LogP contribution in [0.3, 0.4) is 0 Å². The van der Waals surface area contributed by atoms with Gasteiger partial charge in [0.25, 0.3) is 0 Å². The van der Waals surface area contributed by atoms with Crippen molar-refractivity contribution in [1.82, 2.24) is 4.31 Å². The molecule has 1 aromatic rings. The lowest BCUT2D eigenvalue weighted by Gasteiger charge is -2.22. The molecule has 0 aliphatic carbocycles. The molecule has 1 unspecified atom stereocenters. The second-order valence-electron chi connectivity index (χ2n) is 5.77. The van der Waals surface area contributed by atoms with Gasteiger partial charge in [-0.3, -0.25) is 0 Å². The van der Waals surface area contributed by atoms with E-state index in [1.807, 2.05) is 0 Å². The fourth-order valence-electron chi connectivity index (χ4n) is 2.44. The molecule has 20 heavy (non-hydrogen) atoms. The summed E-state index contributed by atoms with van der Waals surface area (Å²) in [5, 5.41) is 10.1. The van der Waals surface area contributed by atoms with Crippen LogP contribution >= 0.6 is 0 Å². The molecule has 0 saturated carbocycles. The smallest absolute Gasteiger partial charge is 0.243 e. The summed E-state index contributed by atoms with van der Waals surface area (Å²) >= 11 is 0. The third-order valence-electron chi connectivity index (χ3n) is 3.90. The van der Waals surface area contributed by atoms with Crippen LogP contribution in [0.2, 0.25) is 0 Å². The van der Waals surface area contributed by atoms with Gasteiger partial charge < -0.3 is 10.8 Å². The third-order valence-corrected chi connectivity index (χ3v) is 5.80. The van der Waals surface area contributed by atoms with E-state index < -0.39 is 15.6 Å². The predicted molar refractivity (Wildman–Crippen MR) is 78.8 cm³/mol. The Balaban J connectivity index is 2.28. The van der Waals surface area contributed by atoms with Crippen molar-refractivity contribution in [1.29, 1.82) is 0 Å². The van der Waals surface area contributed by atoms with Crippen LogP contribution < -0.4 is 5.73 Å². The fraction of sp³-hybridized carbons (Fsp3) is 0.571. The Hall–Kier alpha value is -1.11. The molecule has 3 N–H and O–H groups in total. The Kier molecular flexibility index (Phi) is 4.09. The van der Waals surface area contributed by atoms with Gasteiger partial charge in [0.1, 0.15) is 0 Å². The van der Waals surface area contributed by atoms with Crippen LogP contribution in [0.25, 0.3) is 0 Å². The highest BCUT2D eigenvalue weighted by atomic mass is 32.2. The summed E-state index contributed by atoms with van der Waals surface area (Å²) in [6.07, 6.45) is 1.75. The van der Waals surface area contributed by atoms with Crippen molar-refractivity contribution in [2.24, 2.45) is 0 Å². The van der Waals surface area contributed by atoms with Crippen LogP contribution in [-0.2, 0) is 10.0 Å². The summed E-state index contributed by atoms with van der Waals surface area (Å²) in [7, 11) is -3.51. The number of nitrogen functional groups attached to an aromatic ring is 1. The van der Waals surface area contributed by atoms with E-state index in [0.29, 0.717) is 38.0 Å². The Morgan fingerprint density at radius 3 is 2.65 bits per heavy atom. The van der Waals surface area contributed by atoms with Gasteiger partial charge in [-0.05, 0) is 56.9 Å². The maximum atomic E-state index is 12.6. The normalized spacial score (nSPS) is 25.4. The van der Waals surface area contributed by atoms with Crippen LogP contribution in [0.5, 0.6) is 0 Å². The van der Waals surface area contributed by atoms with E-state index in [1.165, 1.54) is 4.31 Å². The summed E-state index contributed by atoms with van der Waals surface area (Å²) in [4.78, 5) is 0.269. The Bertz CT molecular complexity index is 596. The molecule has 0 radical (unpaired) electrons. The van der Waals surface area contributed by atoms with Crippen molar-refractivity contribution in [3.63, 3.8) is 0 Å². The molecule has 1 aliphatic heterocycles. The molecular weight excluding hydrogens is 276 g/mol. The van der Waals surface area contributed by atoms with E-state index in [1.54, 1.807) is 32.0 Å². The standard InChI is InChI=1S/C14H22N2O3S/c1-11-10-12(4-5-13(11)15)20(18,19)16-8-3-6-14(2,17)7-9-16/h4-5,10,17H,3,6-9,15H2,1-2H3. The first kappa shape index (κ1) is 15.3. The van der Waals surface area contributed by atoms with Crippen molar-refractivity contribution in [3.05, 3.63) is 23.8 Å². The molecule has 0 bridgehead atoms. The lowest BCUT2D eigenvalue weighted by molar-refractivity contribution is 0.0465. The lowest BCUT2D eigenvalue weighted by atomic mass is 9.98. The van der Waals surface area contributed by atoms with Gasteiger partial charge in [0.15, 0.2) is 0 Å². The molecule has 1 heterocycles. The number of hydrogen-bond acceptors (Lipinski definition) is 4. The highest BCUT2D eigenvalue weighted by Crippen LogP contribution is 2.26. The van der Waals surface area contributed by atoms with Crippen molar-refractivity contribution in [3.8, 4) is 0 Å². The largest absolute Gasteiger partial charge is 0.399 e. The van der Waals surface area contributed by atoms with Gasteiger partial charge in [-0.25, -0.2) is 8.42 Å². The van der Waals surface area contributed by atoms with E-state index in [0.717, 1.165) is 5.56 Å². The number of nitrogens with zero attached hydrogens (tertiary/aromatic N) is 1. The van der Waals surface area contributed by atoms with Gasteiger partial charge in [0.2, 0.25) is 10.0 Å². The van der Waals surface area contributed by atoms with Crippen molar-refractivity contribution in [2.45, 2.75) is 43.6 Å². The second-order valence-corrected chi connectivity index (χ2v) is 7.71. The SMILES string of the molecule is Cc1cc(S(=O)(=O)N2CCCC(C)(O)CC2)ccc1N. The zero-order valence-electron chi connectivity index (χ0n) is 12.0. The number of aryl methyl sites for hydroxylation is 1. The predicted octanol–water partition coefficient (Wildman–Crippen LogP) is 1.50. The first-order chi connectivity index (χ1) is 9.22. The van der Waals surface area contributed by atoms with Crippen LogP contribution in [0.4, 0.5) is 5.69 Å². The molecule has 0 aromatic heterocycles. The maximum absolute atomic E-state index is 12.6. The molecule has 1 fully saturated rings. The summed E-state index contributed by atoms with van der Waals surface area (Å²) in [5.74, 6) is 0. The van der Waals surface area contributed by atoms with E-state index >= 15 is 0 Å². The van der Waals surface area contributed by atoms with Crippen molar-refractivity contribution in [2.75, 3.05) is 18.8 Å². The number of anilines is 1. The Labute approximate surface area is 120 Å². The van der Waals surface area contributed by atoms with Crippen LogP contribution in [-0.4, -0.2) is 36.5 Å². The monoisotopic (exact) mass is 298 g/mol. The number of sulfonamides is 1. The molecule has 1 saturated heterocycles. The minimum atomic E-state index is -3.51. The van der Waals surface area contributed by atoms with E-state index in [4.69, 9.17) is 5.73 Å². The van der Waals surface area contributed by atoms with Gasteiger partial charge in [-0.15, -0.1) is 0 Å². The highest BCUT2D eigenvalue weighted by molar-refractivity contribution is 7.89. The second kappa shape index (κ2) is 5.35. The van der Waals surface area contributed by atoms with Gasteiger partial charge >= 0.3 is 0 Å². The summed E-state index contributed by atoms with van der Waals surface area (Å²) in [6, 6.07) is 4.77. The first-order valence-electron chi connectivity index (χ1n) is 6.81. The third kappa shape index (κ3) is 3.13. The fourth-order valence-corrected chi connectivity index (χ4v) is 4.00. The van der Waals surface area contributed by atoms with Crippen molar-refractivity contribution >= 4 is 15.7 Å². The van der Waals surface area contributed by atoms with Gasteiger partial charge in [0.05, 0.1) is 10.5 Å². The molecule has 1 atom stereocenters. The lowest BCUT2D eigenvalue weighted by Crippen LogP contribution is -2.33. The molecule has 0 spiro atoms. The average molecular weight is 298 g/mol. The topological polar surface area (TPSA) is 83.6 Å². The highest BCUT2D eigenvalue weighted by Gasteiger charge is 2.31. The zero-order valence-corrected chi connectivity index (χ0v) is 12.8. The molecular formula is C14H22N2O3S. The van der Waals surface area contributed by atoms with Gasteiger partial charge in [0, 0.05) is 18.8 Å². The first-order valence-corrected chi connectivity index (χ1v) is 8.25. The zero-order chi connectivity index (χ0) is 15.0. The molecule has 1 aromatic carbocycles.